The lowest BCUT2D eigenvalue weighted by Crippen LogP contribution is -2.16. The summed E-state index contributed by atoms with van der Waals surface area (Å²) in [5.41, 5.74) is 2.51. The average Bonchev–Trinajstić information content (AvgIpc) is 2.66. The topological polar surface area (TPSA) is 66.9 Å². The molecule has 2 N–H and O–H groups in total. The quantitative estimate of drug-likeness (QED) is 0.702. The molecule has 5 nitrogen and oxygen atoms in total. The lowest BCUT2D eigenvalue weighted by atomic mass is 10.1. The maximum Gasteiger partial charge on any atom is 0.230 e. The zero-order chi connectivity index (χ0) is 18.4. The number of nitrogens with zero attached hydrogens (tertiary/aromatic N) is 2. The minimum atomic E-state index is -0.401. The number of amides is 1. The van der Waals surface area contributed by atoms with Crippen molar-refractivity contribution in [3.63, 3.8) is 0 Å². The molecule has 0 aliphatic rings. The van der Waals surface area contributed by atoms with Crippen LogP contribution in [0.2, 0.25) is 0 Å². The fourth-order valence-electron chi connectivity index (χ4n) is 2.44. The van der Waals surface area contributed by atoms with Gasteiger partial charge in [0.2, 0.25) is 5.91 Å². The smallest absolute Gasteiger partial charge is 0.230 e. The van der Waals surface area contributed by atoms with Gasteiger partial charge >= 0.3 is 0 Å². The summed E-state index contributed by atoms with van der Waals surface area (Å²) in [6.45, 7) is 2.10. The molecule has 3 rings (SSSR count). The summed E-state index contributed by atoms with van der Waals surface area (Å²) >= 11 is 0. The first-order chi connectivity index (χ1) is 12.6. The molecule has 26 heavy (non-hydrogen) atoms. The van der Waals surface area contributed by atoms with Crippen molar-refractivity contribution in [2.45, 2.75) is 19.8 Å². The monoisotopic (exact) mass is 350 g/mol. The van der Waals surface area contributed by atoms with Crippen molar-refractivity contribution in [1.29, 1.82) is 0 Å². The van der Waals surface area contributed by atoms with Crippen molar-refractivity contribution in [1.82, 2.24) is 10.2 Å². The number of benzene rings is 2. The number of rotatable bonds is 6. The van der Waals surface area contributed by atoms with E-state index in [-0.39, 0.29) is 12.3 Å². The lowest BCUT2D eigenvalue weighted by Gasteiger charge is -2.08. The number of aromatic nitrogens is 2. The highest BCUT2D eigenvalue weighted by Crippen LogP contribution is 2.16. The Bertz CT molecular complexity index is 879. The zero-order valence-electron chi connectivity index (χ0n) is 14.4. The fourth-order valence-corrected chi connectivity index (χ4v) is 2.44. The molecule has 0 aliphatic heterocycles. The molecule has 0 spiro atoms. The normalized spacial score (nSPS) is 10.4. The van der Waals surface area contributed by atoms with E-state index in [0.717, 1.165) is 12.1 Å². The van der Waals surface area contributed by atoms with Crippen LogP contribution in [0.15, 0.2) is 60.7 Å². The summed E-state index contributed by atoms with van der Waals surface area (Å²) in [5, 5.41) is 13.8. The van der Waals surface area contributed by atoms with Crippen LogP contribution < -0.4 is 10.6 Å². The predicted molar refractivity (Wildman–Crippen MR) is 99.9 cm³/mol. The molecule has 1 amide bonds. The molecule has 0 saturated heterocycles. The summed E-state index contributed by atoms with van der Waals surface area (Å²) in [4.78, 5) is 12.0. The van der Waals surface area contributed by atoms with E-state index in [1.165, 1.54) is 11.6 Å². The Hall–Kier alpha value is -3.28. The second kappa shape index (κ2) is 8.20. The van der Waals surface area contributed by atoms with Gasteiger partial charge in [-0.25, -0.2) is 4.39 Å². The van der Waals surface area contributed by atoms with Gasteiger partial charge in [0.25, 0.3) is 0 Å². The predicted octanol–water partition coefficient (Wildman–Crippen LogP) is 4.10. The average molecular weight is 350 g/mol. The first kappa shape index (κ1) is 17.5. The van der Waals surface area contributed by atoms with Crippen molar-refractivity contribution in [2.24, 2.45) is 0 Å². The Labute approximate surface area is 151 Å². The number of aryl methyl sites for hydroxylation is 1. The number of hydrogen-bond donors (Lipinski definition) is 2. The Balaban J connectivity index is 1.58. The van der Waals surface area contributed by atoms with Crippen LogP contribution in [-0.4, -0.2) is 16.1 Å². The summed E-state index contributed by atoms with van der Waals surface area (Å²) in [7, 11) is 0. The Morgan fingerprint density at radius 1 is 0.962 bits per heavy atom. The number of carbonyl (C=O) groups is 1. The third-order valence-corrected chi connectivity index (χ3v) is 3.88. The van der Waals surface area contributed by atoms with Crippen molar-refractivity contribution in [2.75, 3.05) is 10.6 Å². The maximum atomic E-state index is 13.6. The van der Waals surface area contributed by atoms with E-state index in [2.05, 4.69) is 27.8 Å². The lowest BCUT2D eigenvalue weighted by molar-refractivity contribution is -0.115. The SMILES string of the molecule is CCc1ccc(Nc2ccc(NC(=O)Cc3ccccc3F)nn2)cc1. The van der Waals surface area contributed by atoms with Crippen LogP contribution in [-0.2, 0) is 17.6 Å². The van der Waals surface area contributed by atoms with Gasteiger partial charge in [-0.3, -0.25) is 4.79 Å². The van der Waals surface area contributed by atoms with Gasteiger partial charge in [-0.2, -0.15) is 0 Å². The van der Waals surface area contributed by atoms with E-state index >= 15 is 0 Å². The Morgan fingerprint density at radius 2 is 1.65 bits per heavy atom. The molecule has 0 atom stereocenters. The minimum absolute atomic E-state index is 0.0574. The Kier molecular flexibility index (Phi) is 5.53. The minimum Gasteiger partial charge on any atom is -0.339 e. The van der Waals surface area contributed by atoms with Crippen LogP contribution in [0.4, 0.5) is 21.7 Å². The van der Waals surface area contributed by atoms with Crippen molar-refractivity contribution >= 4 is 23.2 Å². The third kappa shape index (κ3) is 4.63. The van der Waals surface area contributed by atoms with E-state index in [1.807, 2.05) is 24.3 Å². The van der Waals surface area contributed by atoms with Crippen LogP contribution in [0.1, 0.15) is 18.1 Å². The van der Waals surface area contributed by atoms with Gasteiger partial charge in [0.05, 0.1) is 6.42 Å². The van der Waals surface area contributed by atoms with Gasteiger partial charge in [-0.15, -0.1) is 10.2 Å². The van der Waals surface area contributed by atoms with E-state index in [0.29, 0.717) is 17.2 Å². The number of anilines is 3. The molecule has 2 aromatic carbocycles. The summed E-state index contributed by atoms with van der Waals surface area (Å²) < 4.78 is 13.6. The first-order valence-electron chi connectivity index (χ1n) is 8.37. The molecule has 1 aromatic heterocycles. The van der Waals surface area contributed by atoms with Gasteiger partial charge in [0.15, 0.2) is 11.6 Å². The molecular formula is C20H19FN4O. The molecule has 0 saturated carbocycles. The molecular weight excluding hydrogens is 331 g/mol. The van der Waals surface area contributed by atoms with E-state index in [4.69, 9.17) is 0 Å². The zero-order valence-corrected chi connectivity index (χ0v) is 14.4. The number of halogens is 1. The maximum absolute atomic E-state index is 13.6. The van der Waals surface area contributed by atoms with E-state index in [9.17, 15) is 9.18 Å². The van der Waals surface area contributed by atoms with E-state index in [1.54, 1.807) is 30.3 Å². The first-order valence-corrected chi connectivity index (χ1v) is 8.37. The molecule has 3 aromatic rings. The number of hydrogen-bond acceptors (Lipinski definition) is 4. The van der Waals surface area contributed by atoms with Crippen LogP contribution in [0.25, 0.3) is 0 Å². The van der Waals surface area contributed by atoms with Crippen molar-refractivity contribution in [3.05, 3.63) is 77.6 Å². The third-order valence-electron chi connectivity index (χ3n) is 3.88. The molecule has 0 fully saturated rings. The van der Waals surface area contributed by atoms with Gasteiger partial charge in [-0.05, 0) is 47.9 Å². The highest BCUT2D eigenvalue weighted by atomic mass is 19.1. The highest BCUT2D eigenvalue weighted by Gasteiger charge is 2.09. The molecule has 0 radical (unpaired) electrons. The molecule has 0 bridgehead atoms. The molecule has 132 valence electrons. The molecule has 6 heteroatoms. The number of carbonyl (C=O) groups excluding carboxylic acids is 1. The standard InChI is InChI=1S/C20H19FN4O/c1-2-14-7-9-16(10-8-14)22-18-11-12-19(25-24-18)23-20(26)13-15-5-3-4-6-17(15)21/h3-12H,2,13H2,1H3,(H,22,24)(H,23,25,26). The van der Waals surface area contributed by atoms with Crippen LogP contribution in [0, 0.1) is 5.82 Å². The van der Waals surface area contributed by atoms with Crippen molar-refractivity contribution < 1.29 is 9.18 Å². The molecule has 1 heterocycles. The summed E-state index contributed by atoms with van der Waals surface area (Å²) in [6.07, 6.45) is 0.930. The molecule has 0 unspecified atom stereocenters. The van der Waals surface area contributed by atoms with Crippen LogP contribution in [0.3, 0.4) is 0 Å². The fraction of sp³-hybridized carbons (Fsp3) is 0.150. The van der Waals surface area contributed by atoms with Crippen LogP contribution >= 0.6 is 0 Å². The number of nitrogens with one attached hydrogen (secondary N) is 2. The highest BCUT2D eigenvalue weighted by molar-refractivity contribution is 5.91. The van der Waals surface area contributed by atoms with Gasteiger partial charge in [0, 0.05) is 5.69 Å². The van der Waals surface area contributed by atoms with E-state index < -0.39 is 5.82 Å². The van der Waals surface area contributed by atoms with Gasteiger partial charge in [0.1, 0.15) is 5.82 Å². The van der Waals surface area contributed by atoms with Gasteiger partial charge in [-0.1, -0.05) is 37.3 Å². The largest absolute Gasteiger partial charge is 0.339 e. The Morgan fingerprint density at radius 3 is 2.31 bits per heavy atom. The van der Waals surface area contributed by atoms with Crippen LogP contribution in [0.5, 0.6) is 0 Å². The van der Waals surface area contributed by atoms with Gasteiger partial charge < -0.3 is 10.6 Å². The summed E-state index contributed by atoms with van der Waals surface area (Å²) in [6, 6.07) is 17.6. The molecule has 0 aliphatic carbocycles. The van der Waals surface area contributed by atoms with Crippen molar-refractivity contribution in [3.8, 4) is 0 Å². The summed E-state index contributed by atoms with van der Waals surface area (Å²) in [5.74, 6) is 0.141. The second-order valence-electron chi connectivity index (χ2n) is 5.80. The second-order valence-corrected chi connectivity index (χ2v) is 5.80.